The monoisotopic (exact) mass is 289 g/mol. The number of nitroso groups, excluding NO2 is 1. The third-order valence-corrected chi connectivity index (χ3v) is 3.35. The minimum Gasteiger partial charge on any atom is -0.489 e. The van der Waals surface area contributed by atoms with E-state index in [1.807, 2.05) is 66.7 Å². The molecule has 0 unspecified atom stereocenters. The van der Waals surface area contributed by atoms with Crippen molar-refractivity contribution >= 4 is 5.69 Å². The third kappa shape index (κ3) is 3.38. The van der Waals surface area contributed by atoms with Gasteiger partial charge in [0.2, 0.25) is 0 Å². The largest absolute Gasteiger partial charge is 0.489 e. The highest BCUT2D eigenvalue weighted by atomic mass is 16.5. The molecular formula is C19H15NO2. The fraction of sp³-hybridized carbons (Fsp3) is 0.0526. The number of nitrogens with zero attached hydrogens (tertiary/aromatic N) is 1. The molecule has 3 aromatic rings. The molecule has 22 heavy (non-hydrogen) atoms. The lowest BCUT2D eigenvalue weighted by Gasteiger charge is -2.09. The molecular weight excluding hydrogens is 274 g/mol. The van der Waals surface area contributed by atoms with Crippen LogP contribution >= 0.6 is 0 Å². The van der Waals surface area contributed by atoms with Crippen LogP contribution in [0.1, 0.15) is 5.56 Å². The number of hydrogen-bond acceptors (Lipinski definition) is 3. The summed E-state index contributed by atoms with van der Waals surface area (Å²) in [6.07, 6.45) is 0. The quantitative estimate of drug-likeness (QED) is 0.595. The Morgan fingerprint density at radius 2 is 1.45 bits per heavy atom. The van der Waals surface area contributed by atoms with E-state index in [9.17, 15) is 4.91 Å². The summed E-state index contributed by atoms with van der Waals surface area (Å²) in [7, 11) is 0. The normalized spacial score (nSPS) is 10.2. The van der Waals surface area contributed by atoms with E-state index in [-0.39, 0.29) is 0 Å². The maximum Gasteiger partial charge on any atom is 0.122 e. The lowest BCUT2D eigenvalue weighted by Crippen LogP contribution is -1.95. The van der Waals surface area contributed by atoms with Crippen molar-refractivity contribution in [1.29, 1.82) is 0 Å². The Labute approximate surface area is 129 Å². The Morgan fingerprint density at radius 1 is 0.773 bits per heavy atom. The minimum absolute atomic E-state index is 0.365. The highest BCUT2D eigenvalue weighted by molar-refractivity contribution is 5.69. The highest BCUT2D eigenvalue weighted by Crippen LogP contribution is 2.30. The summed E-state index contributed by atoms with van der Waals surface area (Å²) >= 11 is 0. The molecule has 0 aliphatic heterocycles. The summed E-state index contributed by atoms with van der Waals surface area (Å²) in [4.78, 5) is 10.9. The SMILES string of the molecule is O=Nc1cc(OCc2ccccc2)cc(-c2ccccc2)c1. The van der Waals surface area contributed by atoms with Gasteiger partial charge in [0.15, 0.2) is 0 Å². The van der Waals surface area contributed by atoms with Crippen molar-refractivity contribution in [3.63, 3.8) is 0 Å². The van der Waals surface area contributed by atoms with Gasteiger partial charge in [-0.3, -0.25) is 0 Å². The van der Waals surface area contributed by atoms with Crippen LogP contribution in [0.4, 0.5) is 5.69 Å². The third-order valence-electron chi connectivity index (χ3n) is 3.35. The number of rotatable bonds is 5. The van der Waals surface area contributed by atoms with Gasteiger partial charge < -0.3 is 4.74 Å². The van der Waals surface area contributed by atoms with Crippen LogP contribution in [0.2, 0.25) is 0 Å². The first-order chi connectivity index (χ1) is 10.8. The van der Waals surface area contributed by atoms with Gasteiger partial charge in [-0.05, 0) is 34.0 Å². The molecule has 3 nitrogen and oxygen atoms in total. The topological polar surface area (TPSA) is 38.7 Å². The van der Waals surface area contributed by atoms with Gasteiger partial charge in [0.05, 0.1) is 0 Å². The van der Waals surface area contributed by atoms with Crippen LogP contribution in [-0.4, -0.2) is 0 Å². The highest BCUT2D eigenvalue weighted by Gasteiger charge is 2.05. The van der Waals surface area contributed by atoms with Crippen LogP contribution in [0.15, 0.2) is 84.0 Å². The molecule has 0 aliphatic rings. The fourth-order valence-corrected chi connectivity index (χ4v) is 2.26. The molecule has 3 aromatic carbocycles. The lowest BCUT2D eigenvalue weighted by atomic mass is 10.0. The smallest absolute Gasteiger partial charge is 0.122 e. The van der Waals surface area contributed by atoms with Gasteiger partial charge in [0.25, 0.3) is 0 Å². The number of hydrogen-bond donors (Lipinski definition) is 0. The summed E-state index contributed by atoms with van der Waals surface area (Å²) in [5.74, 6) is 0.639. The van der Waals surface area contributed by atoms with E-state index in [0.29, 0.717) is 18.0 Å². The average molecular weight is 289 g/mol. The first kappa shape index (κ1) is 14.0. The van der Waals surface area contributed by atoms with Crippen molar-refractivity contribution in [2.24, 2.45) is 5.18 Å². The predicted molar refractivity (Wildman–Crippen MR) is 88.1 cm³/mol. The second-order valence-corrected chi connectivity index (χ2v) is 4.95. The van der Waals surface area contributed by atoms with Crippen LogP contribution in [0.25, 0.3) is 11.1 Å². The Hall–Kier alpha value is -2.94. The molecule has 0 spiro atoms. The van der Waals surface area contributed by atoms with E-state index in [4.69, 9.17) is 4.74 Å². The molecule has 3 rings (SSSR count). The number of ether oxygens (including phenoxy) is 1. The van der Waals surface area contributed by atoms with Crippen LogP contribution in [0.5, 0.6) is 5.75 Å². The van der Waals surface area contributed by atoms with Crippen molar-refractivity contribution in [2.45, 2.75) is 6.61 Å². The Bertz CT molecular complexity index is 755. The standard InChI is InChI=1S/C19H15NO2/c21-20-18-11-17(16-9-5-2-6-10-16)12-19(13-18)22-14-15-7-3-1-4-8-15/h1-13H,14H2. The molecule has 0 N–H and O–H groups in total. The molecule has 0 atom stereocenters. The summed E-state index contributed by atoms with van der Waals surface area (Å²) in [6.45, 7) is 0.456. The molecule has 0 amide bonds. The Balaban J connectivity index is 1.86. The average Bonchev–Trinajstić information content (AvgIpc) is 2.61. The van der Waals surface area contributed by atoms with Gasteiger partial charge in [0.1, 0.15) is 18.0 Å². The van der Waals surface area contributed by atoms with Crippen molar-refractivity contribution in [3.05, 3.63) is 89.3 Å². The lowest BCUT2D eigenvalue weighted by molar-refractivity contribution is 0.306. The molecule has 0 saturated heterocycles. The van der Waals surface area contributed by atoms with Gasteiger partial charge in [-0.1, -0.05) is 60.7 Å². The van der Waals surface area contributed by atoms with Crippen molar-refractivity contribution in [3.8, 4) is 16.9 Å². The first-order valence-corrected chi connectivity index (χ1v) is 7.06. The maximum atomic E-state index is 10.9. The fourth-order valence-electron chi connectivity index (χ4n) is 2.26. The minimum atomic E-state index is 0.365. The van der Waals surface area contributed by atoms with Gasteiger partial charge in [-0.15, -0.1) is 4.91 Å². The summed E-state index contributed by atoms with van der Waals surface area (Å²) < 4.78 is 5.80. The summed E-state index contributed by atoms with van der Waals surface area (Å²) in [6, 6.07) is 25.1. The molecule has 0 aromatic heterocycles. The van der Waals surface area contributed by atoms with Gasteiger partial charge in [-0.25, -0.2) is 0 Å². The maximum absolute atomic E-state index is 10.9. The van der Waals surface area contributed by atoms with E-state index < -0.39 is 0 Å². The van der Waals surface area contributed by atoms with Crippen LogP contribution in [-0.2, 0) is 6.61 Å². The zero-order valence-corrected chi connectivity index (χ0v) is 12.0. The number of benzene rings is 3. The van der Waals surface area contributed by atoms with Crippen LogP contribution in [0.3, 0.4) is 0 Å². The molecule has 0 bridgehead atoms. The molecule has 108 valence electrons. The predicted octanol–water partition coefficient (Wildman–Crippen LogP) is 5.33. The summed E-state index contributed by atoms with van der Waals surface area (Å²) in [5, 5.41) is 3.04. The van der Waals surface area contributed by atoms with E-state index in [2.05, 4.69) is 5.18 Å². The molecule has 0 heterocycles. The molecule has 3 heteroatoms. The molecule has 0 aliphatic carbocycles. The Kier molecular flexibility index (Phi) is 4.25. The molecule has 0 radical (unpaired) electrons. The van der Waals surface area contributed by atoms with E-state index in [1.54, 1.807) is 12.1 Å². The molecule has 0 fully saturated rings. The van der Waals surface area contributed by atoms with E-state index in [1.165, 1.54) is 0 Å². The van der Waals surface area contributed by atoms with E-state index >= 15 is 0 Å². The second kappa shape index (κ2) is 6.68. The zero-order chi connectivity index (χ0) is 15.2. The van der Waals surface area contributed by atoms with Gasteiger partial charge >= 0.3 is 0 Å². The van der Waals surface area contributed by atoms with Crippen LogP contribution in [0, 0.1) is 4.91 Å². The van der Waals surface area contributed by atoms with Crippen LogP contribution < -0.4 is 4.74 Å². The first-order valence-electron chi connectivity index (χ1n) is 7.06. The van der Waals surface area contributed by atoms with Crippen molar-refractivity contribution < 1.29 is 4.74 Å². The van der Waals surface area contributed by atoms with Gasteiger partial charge in [0, 0.05) is 6.07 Å². The van der Waals surface area contributed by atoms with Crippen molar-refractivity contribution in [2.75, 3.05) is 0 Å². The second-order valence-electron chi connectivity index (χ2n) is 4.95. The zero-order valence-electron chi connectivity index (χ0n) is 12.0. The van der Waals surface area contributed by atoms with Crippen molar-refractivity contribution in [1.82, 2.24) is 0 Å². The Morgan fingerprint density at radius 3 is 2.14 bits per heavy atom. The molecule has 0 saturated carbocycles. The van der Waals surface area contributed by atoms with Gasteiger partial charge in [-0.2, -0.15) is 0 Å². The van der Waals surface area contributed by atoms with E-state index in [0.717, 1.165) is 16.7 Å². The summed E-state index contributed by atoms with van der Waals surface area (Å²) in [5.41, 5.74) is 3.39.